The molecule has 0 spiro atoms. The number of imidazole rings is 1. The third-order valence-corrected chi connectivity index (χ3v) is 5.47. The molecule has 5 N–H and O–H groups in total. The normalized spacial score (nSPS) is 19.7. The summed E-state index contributed by atoms with van der Waals surface area (Å²) in [6, 6.07) is 0. The minimum absolute atomic E-state index is 0.0164. The molecule has 1 saturated carbocycles. The number of aromatic nitrogens is 2. The minimum atomic E-state index is -3.76. The van der Waals surface area contributed by atoms with Crippen LogP contribution in [0.5, 0.6) is 0 Å². The predicted molar refractivity (Wildman–Crippen MR) is 80.6 cm³/mol. The van der Waals surface area contributed by atoms with Crippen LogP contribution in [0.4, 0.5) is 0 Å². The summed E-state index contributed by atoms with van der Waals surface area (Å²) in [5, 5.41) is 7.89. The summed E-state index contributed by atoms with van der Waals surface area (Å²) in [6.45, 7) is 1.69. The second-order valence-electron chi connectivity index (χ2n) is 5.70. The number of aromatic amines is 1. The monoisotopic (exact) mass is 313 g/mol. The maximum atomic E-state index is 12.5. The Morgan fingerprint density at radius 3 is 2.38 bits per heavy atom. The zero-order valence-electron chi connectivity index (χ0n) is 12.3. The number of aryl methyl sites for hydroxylation is 1. The molecule has 1 aromatic heterocycles. The van der Waals surface area contributed by atoms with Gasteiger partial charge in [0.05, 0.1) is 11.7 Å². The first kappa shape index (κ1) is 16.0. The van der Waals surface area contributed by atoms with Crippen LogP contribution in [0.3, 0.4) is 0 Å². The van der Waals surface area contributed by atoms with E-state index in [-0.39, 0.29) is 10.9 Å². The van der Waals surface area contributed by atoms with Crippen molar-refractivity contribution >= 4 is 15.9 Å². The van der Waals surface area contributed by atoms with Gasteiger partial charge in [-0.05, 0) is 19.8 Å². The van der Waals surface area contributed by atoms with E-state index in [1.54, 1.807) is 6.92 Å². The van der Waals surface area contributed by atoms with Crippen LogP contribution < -0.4 is 10.5 Å². The van der Waals surface area contributed by atoms with E-state index in [9.17, 15) is 8.42 Å². The van der Waals surface area contributed by atoms with E-state index in [0.29, 0.717) is 18.7 Å². The predicted octanol–water partition coefficient (Wildman–Crippen LogP) is 1.42. The van der Waals surface area contributed by atoms with Gasteiger partial charge >= 0.3 is 0 Å². The number of nitrogens with one attached hydrogen (secondary N) is 3. The molecule has 0 unspecified atom stereocenters. The molecule has 2 rings (SSSR count). The Morgan fingerprint density at radius 2 is 1.90 bits per heavy atom. The van der Waals surface area contributed by atoms with Gasteiger partial charge in [0.1, 0.15) is 11.7 Å². The maximum Gasteiger partial charge on any atom is 0.258 e. The highest BCUT2D eigenvalue weighted by Crippen LogP contribution is 2.28. The summed E-state index contributed by atoms with van der Waals surface area (Å²) in [6.07, 6.45) is 7.38. The second-order valence-corrected chi connectivity index (χ2v) is 7.35. The largest absolute Gasteiger partial charge is 0.386 e. The van der Waals surface area contributed by atoms with Gasteiger partial charge in [0.15, 0.2) is 5.03 Å². The van der Waals surface area contributed by atoms with Crippen molar-refractivity contribution in [2.75, 3.05) is 0 Å². The van der Waals surface area contributed by atoms with Crippen molar-refractivity contribution in [1.82, 2.24) is 14.7 Å². The van der Waals surface area contributed by atoms with Gasteiger partial charge < -0.3 is 10.7 Å². The third-order valence-electron chi connectivity index (χ3n) is 4.02. The molecule has 0 aliphatic heterocycles. The van der Waals surface area contributed by atoms with Crippen molar-refractivity contribution in [2.45, 2.75) is 62.4 Å². The summed E-state index contributed by atoms with van der Waals surface area (Å²) in [7, 11) is -3.76. The molecule has 0 aromatic carbocycles. The van der Waals surface area contributed by atoms with E-state index in [1.807, 2.05) is 0 Å². The van der Waals surface area contributed by atoms with Gasteiger partial charge in [0.2, 0.25) is 0 Å². The quantitative estimate of drug-likeness (QED) is 0.495. The molecule has 0 bridgehead atoms. The molecule has 21 heavy (non-hydrogen) atoms. The molecule has 0 atom stereocenters. The van der Waals surface area contributed by atoms with E-state index in [0.717, 1.165) is 32.1 Å². The Hall–Kier alpha value is -1.41. The Kier molecular flexibility index (Phi) is 4.67. The van der Waals surface area contributed by atoms with Crippen molar-refractivity contribution in [1.29, 1.82) is 5.41 Å². The van der Waals surface area contributed by atoms with Crippen LogP contribution >= 0.6 is 0 Å². The summed E-state index contributed by atoms with van der Waals surface area (Å²) < 4.78 is 27.6. The highest BCUT2D eigenvalue weighted by atomic mass is 32.2. The zero-order valence-corrected chi connectivity index (χ0v) is 13.1. The molecule has 1 aliphatic carbocycles. The number of H-pyrrole nitrogens is 1. The molecule has 118 valence electrons. The number of sulfonamides is 1. The molecule has 1 aliphatic rings. The topological polar surface area (TPSA) is 125 Å². The fourth-order valence-electron chi connectivity index (χ4n) is 2.78. The van der Waals surface area contributed by atoms with Crippen LogP contribution in [0.1, 0.15) is 50.8 Å². The SMILES string of the molecule is Cc1ncc(S(=O)(=O)NC2(C(=N)N)CCCCCCC2)[nH]1. The van der Waals surface area contributed by atoms with E-state index in [2.05, 4.69) is 14.7 Å². The lowest BCUT2D eigenvalue weighted by Gasteiger charge is -2.34. The van der Waals surface area contributed by atoms with Crippen LogP contribution in [0, 0.1) is 12.3 Å². The summed E-state index contributed by atoms with van der Waals surface area (Å²) in [5.41, 5.74) is 4.77. The van der Waals surface area contributed by atoms with Gasteiger partial charge in [-0.1, -0.05) is 32.1 Å². The molecular weight excluding hydrogens is 290 g/mol. The molecule has 8 heteroatoms. The molecule has 7 nitrogen and oxygen atoms in total. The smallest absolute Gasteiger partial charge is 0.258 e. The third kappa shape index (κ3) is 3.62. The standard InChI is InChI=1S/C13H23N5O2S/c1-10-16-9-11(17-10)21(19,20)18-13(12(14)15)7-5-3-2-4-6-8-13/h9,18H,2-8H2,1H3,(H3,14,15)(H,16,17). The van der Waals surface area contributed by atoms with Crippen LogP contribution in [-0.4, -0.2) is 29.8 Å². The fourth-order valence-corrected chi connectivity index (χ4v) is 4.19. The second kappa shape index (κ2) is 6.15. The first-order chi connectivity index (χ1) is 9.86. The van der Waals surface area contributed by atoms with Gasteiger partial charge in [-0.3, -0.25) is 5.41 Å². The van der Waals surface area contributed by atoms with Gasteiger partial charge in [0, 0.05) is 0 Å². The van der Waals surface area contributed by atoms with Gasteiger partial charge in [-0.25, -0.2) is 13.4 Å². The van der Waals surface area contributed by atoms with Crippen molar-refractivity contribution < 1.29 is 8.42 Å². The van der Waals surface area contributed by atoms with Crippen molar-refractivity contribution in [3.8, 4) is 0 Å². The zero-order chi connectivity index (χ0) is 15.5. The number of hydrogen-bond acceptors (Lipinski definition) is 4. The number of rotatable bonds is 4. The highest BCUT2D eigenvalue weighted by molar-refractivity contribution is 7.89. The van der Waals surface area contributed by atoms with E-state index in [1.165, 1.54) is 6.20 Å². The molecule has 1 heterocycles. The molecule has 0 saturated heterocycles. The lowest BCUT2D eigenvalue weighted by atomic mass is 9.84. The van der Waals surface area contributed by atoms with Crippen molar-refractivity contribution in [2.24, 2.45) is 5.73 Å². The van der Waals surface area contributed by atoms with E-state index in [4.69, 9.17) is 11.1 Å². The lowest BCUT2D eigenvalue weighted by Crippen LogP contribution is -2.57. The van der Waals surface area contributed by atoms with Gasteiger partial charge in [-0.15, -0.1) is 0 Å². The fraction of sp³-hybridized carbons (Fsp3) is 0.692. The van der Waals surface area contributed by atoms with E-state index >= 15 is 0 Å². The molecule has 0 amide bonds. The summed E-state index contributed by atoms with van der Waals surface area (Å²) in [5.74, 6) is 0.425. The molecular formula is C13H23N5O2S. The number of amidine groups is 1. The first-order valence-corrected chi connectivity index (χ1v) is 8.74. The van der Waals surface area contributed by atoms with Gasteiger partial charge in [0.25, 0.3) is 10.0 Å². The van der Waals surface area contributed by atoms with Crippen molar-refractivity contribution in [3.05, 3.63) is 12.0 Å². The highest BCUT2D eigenvalue weighted by Gasteiger charge is 2.38. The average molecular weight is 313 g/mol. The average Bonchev–Trinajstić information content (AvgIpc) is 2.80. The minimum Gasteiger partial charge on any atom is -0.386 e. The van der Waals surface area contributed by atoms with Crippen LogP contribution in [0.2, 0.25) is 0 Å². The Labute approximate surface area is 125 Å². The Bertz CT molecular complexity index is 600. The lowest BCUT2D eigenvalue weighted by molar-refractivity contribution is 0.366. The van der Waals surface area contributed by atoms with Crippen molar-refractivity contribution in [3.63, 3.8) is 0 Å². The van der Waals surface area contributed by atoms with Crippen LogP contribution in [0.15, 0.2) is 11.2 Å². The van der Waals surface area contributed by atoms with Gasteiger partial charge in [-0.2, -0.15) is 4.72 Å². The maximum absolute atomic E-state index is 12.5. The summed E-state index contributed by atoms with van der Waals surface area (Å²) in [4.78, 5) is 6.63. The summed E-state index contributed by atoms with van der Waals surface area (Å²) >= 11 is 0. The first-order valence-electron chi connectivity index (χ1n) is 7.26. The number of hydrogen-bond donors (Lipinski definition) is 4. The Balaban J connectivity index is 2.28. The van der Waals surface area contributed by atoms with Crippen LogP contribution in [0.25, 0.3) is 0 Å². The van der Waals surface area contributed by atoms with Crippen LogP contribution in [-0.2, 0) is 10.0 Å². The molecule has 1 aromatic rings. The number of nitrogens with two attached hydrogens (primary N) is 1. The van der Waals surface area contributed by atoms with E-state index < -0.39 is 15.6 Å². The number of nitrogens with zero attached hydrogens (tertiary/aromatic N) is 1. The molecule has 0 radical (unpaired) electrons. The Morgan fingerprint density at radius 1 is 1.33 bits per heavy atom. The molecule has 1 fully saturated rings.